The molecule has 0 aliphatic heterocycles. The first-order valence-corrected chi connectivity index (χ1v) is 23.9. The van der Waals surface area contributed by atoms with Crippen molar-refractivity contribution in [2.45, 2.75) is 10.8 Å². The van der Waals surface area contributed by atoms with Gasteiger partial charge in [0.2, 0.25) is 0 Å². The molecule has 0 bridgehead atoms. The van der Waals surface area contributed by atoms with Gasteiger partial charge in [0, 0.05) is 14.5 Å². The van der Waals surface area contributed by atoms with Crippen LogP contribution in [0.3, 0.4) is 0 Å². The second kappa shape index (κ2) is 22.8. The van der Waals surface area contributed by atoms with E-state index in [-0.39, 0.29) is 5.41 Å². The van der Waals surface area contributed by atoms with Gasteiger partial charge in [-0.2, -0.15) is 0 Å². The van der Waals surface area contributed by atoms with Crippen molar-refractivity contribution in [3.05, 3.63) is 338 Å². The van der Waals surface area contributed by atoms with Crippen molar-refractivity contribution in [2.24, 2.45) is 0 Å². The van der Waals surface area contributed by atoms with Gasteiger partial charge in [-0.25, -0.2) is 0 Å². The number of rotatable bonds is 10. The number of benzene rings is 10. The molecule has 68 heavy (non-hydrogen) atoms. The highest BCUT2D eigenvalue weighted by molar-refractivity contribution is 9.10. The Kier molecular flexibility index (Phi) is 16.0. The van der Waals surface area contributed by atoms with E-state index >= 15 is 0 Å². The standard InChI is InChI=1S/C31H23Cl.C25H19Br.C6H6BClO2/c32-30-22-18-25(19-23-30)24-16-20-29(21-17-24)31(26-10-4-1-5-11-26,27-12-6-2-7-13-27)28-14-8-3-9-15-28;26-24-18-16-23(17-19-24)25(20-10-4-1-5-11-20,21-12-6-2-7-13-21)22-14-8-3-9-15-22;8-6-3-1-5(2-4-6)7(9)10/h1-23H;1-19H;1-4,9-10H. The van der Waals surface area contributed by atoms with Crippen molar-refractivity contribution in [1.29, 1.82) is 0 Å². The lowest BCUT2D eigenvalue weighted by Gasteiger charge is -2.37. The molecular formula is C62H48BBrCl2O2. The Labute approximate surface area is 419 Å². The first kappa shape index (κ1) is 47.7. The first-order valence-electron chi connectivity index (χ1n) is 22.4. The Morgan fingerprint density at radius 2 is 0.500 bits per heavy atom. The van der Waals surface area contributed by atoms with Crippen molar-refractivity contribution in [3.63, 3.8) is 0 Å². The second-order valence-corrected chi connectivity index (χ2v) is 18.0. The quantitative estimate of drug-likeness (QED) is 0.106. The van der Waals surface area contributed by atoms with Crippen molar-refractivity contribution < 1.29 is 10.0 Å². The van der Waals surface area contributed by atoms with Crippen LogP contribution in [0.1, 0.15) is 44.5 Å². The van der Waals surface area contributed by atoms with Crippen LogP contribution in [0.5, 0.6) is 0 Å². The van der Waals surface area contributed by atoms with Crippen LogP contribution in [0.25, 0.3) is 11.1 Å². The lowest BCUT2D eigenvalue weighted by molar-refractivity contribution is 0.426. The third-order valence-corrected chi connectivity index (χ3v) is 13.2. The van der Waals surface area contributed by atoms with E-state index in [2.05, 4.69) is 259 Å². The molecule has 10 aromatic rings. The summed E-state index contributed by atoms with van der Waals surface area (Å²) in [6.07, 6.45) is 0. The zero-order valence-electron chi connectivity index (χ0n) is 37.2. The Hall–Kier alpha value is -6.76. The van der Waals surface area contributed by atoms with E-state index in [1.165, 1.54) is 50.1 Å². The number of hydrogen-bond acceptors (Lipinski definition) is 2. The maximum Gasteiger partial charge on any atom is 0.488 e. The third kappa shape index (κ3) is 10.7. The highest BCUT2D eigenvalue weighted by Crippen LogP contribution is 2.47. The number of hydrogen-bond donors (Lipinski definition) is 2. The molecule has 0 unspecified atom stereocenters. The summed E-state index contributed by atoms with van der Waals surface area (Å²) in [4.78, 5) is 0. The van der Waals surface area contributed by atoms with E-state index in [1.807, 2.05) is 12.1 Å². The molecule has 0 aliphatic carbocycles. The van der Waals surface area contributed by atoms with E-state index in [9.17, 15) is 0 Å². The summed E-state index contributed by atoms with van der Waals surface area (Å²) in [5.74, 6) is 0. The molecule has 6 heteroatoms. The minimum absolute atomic E-state index is 0.357. The Morgan fingerprint density at radius 3 is 0.765 bits per heavy atom. The van der Waals surface area contributed by atoms with Crippen LogP contribution in [0, 0.1) is 0 Å². The molecule has 0 heterocycles. The van der Waals surface area contributed by atoms with Crippen LogP contribution < -0.4 is 5.46 Å². The summed E-state index contributed by atoms with van der Waals surface area (Å²) < 4.78 is 1.09. The Morgan fingerprint density at radius 1 is 0.279 bits per heavy atom. The van der Waals surface area contributed by atoms with Crippen molar-refractivity contribution >= 4 is 51.7 Å². The van der Waals surface area contributed by atoms with Gasteiger partial charge in [-0.05, 0) is 97.5 Å². The summed E-state index contributed by atoms with van der Waals surface area (Å²) in [6, 6.07) is 96.6. The molecule has 0 atom stereocenters. The molecule has 0 saturated heterocycles. The molecule has 0 spiro atoms. The molecule has 10 aromatic carbocycles. The predicted octanol–water partition coefficient (Wildman–Crippen LogP) is 15.2. The zero-order valence-corrected chi connectivity index (χ0v) is 40.3. The molecule has 0 fully saturated rings. The molecule has 10 rings (SSSR count). The third-order valence-electron chi connectivity index (χ3n) is 12.2. The smallest absolute Gasteiger partial charge is 0.423 e. The normalized spacial score (nSPS) is 11.0. The Bertz CT molecular complexity index is 2860. The molecule has 332 valence electrons. The van der Waals surface area contributed by atoms with Crippen LogP contribution in [0.2, 0.25) is 10.0 Å². The maximum absolute atomic E-state index is 8.63. The highest BCUT2D eigenvalue weighted by Gasteiger charge is 2.39. The summed E-state index contributed by atoms with van der Waals surface area (Å²) in [6.45, 7) is 0. The molecule has 0 aromatic heterocycles. The van der Waals surface area contributed by atoms with Gasteiger partial charge >= 0.3 is 7.12 Å². The second-order valence-electron chi connectivity index (χ2n) is 16.2. The molecule has 2 N–H and O–H groups in total. The van der Waals surface area contributed by atoms with E-state index in [1.54, 1.807) is 24.3 Å². The number of halogens is 3. The molecule has 0 aliphatic rings. The van der Waals surface area contributed by atoms with Gasteiger partial charge in [0.15, 0.2) is 0 Å². The average Bonchev–Trinajstić information content (AvgIpc) is 3.40. The molecular weight excluding hydrogens is 938 g/mol. The predicted molar refractivity (Wildman–Crippen MR) is 289 cm³/mol. The van der Waals surface area contributed by atoms with Gasteiger partial charge in [-0.1, -0.05) is 282 Å². The lowest BCUT2D eigenvalue weighted by atomic mass is 9.65. The summed E-state index contributed by atoms with van der Waals surface area (Å²) >= 11 is 15.2. The van der Waals surface area contributed by atoms with E-state index < -0.39 is 12.5 Å². The fourth-order valence-electron chi connectivity index (χ4n) is 9.02. The Balaban J connectivity index is 0.000000155. The van der Waals surface area contributed by atoms with Crippen molar-refractivity contribution in [2.75, 3.05) is 0 Å². The summed E-state index contributed by atoms with van der Waals surface area (Å²) in [5.41, 5.74) is 12.0. The zero-order chi connectivity index (χ0) is 47.2. The van der Waals surface area contributed by atoms with Crippen LogP contribution >= 0.6 is 39.1 Å². The lowest BCUT2D eigenvalue weighted by Crippen LogP contribution is -2.30. The average molecular weight is 987 g/mol. The fraction of sp³-hybridized carbons (Fsp3) is 0.0323. The van der Waals surface area contributed by atoms with E-state index in [0.717, 1.165) is 15.1 Å². The minimum Gasteiger partial charge on any atom is -0.423 e. The molecule has 2 nitrogen and oxygen atoms in total. The van der Waals surface area contributed by atoms with Gasteiger partial charge in [0.05, 0.1) is 10.8 Å². The van der Waals surface area contributed by atoms with Crippen LogP contribution in [0.15, 0.2) is 284 Å². The minimum atomic E-state index is -1.41. The van der Waals surface area contributed by atoms with Crippen molar-refractivity contribution in [3.8, 4) is 11.1 Å². The van der Waals surface area contributed by atoms with Crippen LogP contribution in [0.4, 0.5) is 0 Å². The molecule has 0 amide bonds. The van der Waals surface area contributed by atoms with Gasteiger partial charge in [-0.3, -0.25) is 0 Å². The summed E-state index contributed by atoms with van der Waals surface area (Å²) in [5, 5.41) is 18.6. The van der Waals surface area contributed by atoms with Crippen LogP contribution in [-0.2, 0) is 10.8 Å². The van der Waals surface area contributed by atoms with Crippen molar-refractivity contribution in [1.82, 2.24) is 0 Å². The van der Waals surface area contributed by atoms with Gasteiger partial charge in [-0.15, -0.1) is 0 Å². The van der Waals surface area contributed by atoms with E-state index in [4.69, 9.17) is 33.2 Å². The maximum atomic E-state index is 8.63. The van der Waals surface area contributed by atoms with E-state index in [0.29, 0.717) is 10.5 Å². The van der Waals surface area contributed by atoms with Gasteiger partial charge in [0.1, 0.15) is 0 Å². The van der Waals surface area contributed by atoms with Crippen LogP contribution in [-0.4, -0.2) is 17.2 Å². The SMILES string of the molecule is Brc1ccc(C(c2ccccc2)(c2ccccc2)c2ccccc2)cc1.Clc1ccc(-c2ccc(C(c3ccccc3)(c3ccccc3)c3ccccc3)cc2)cc1.OB(O)c1ccc(Cl)cc1. The van der Waals surface area contributed by atoms with Gasteiger partial charge < -0.3 is 10.0 Å². The molecule has 0 saturated carbocycles. The topological polar surface area (TPSA) is 40.5 Å². The largest absolute Gasteiger partial charge is 0.488 e. The van der Waals surface area contributed by atoms with Gasteiger partial charge in [0.25, 0.3) is 0 Å². The fourth-order valence-corrected chi connectivity index (χ4v) is 9.54. The molecule has 0 radical (unpaired) electrons. The highest BCUT2D eigenvalue weighted by atomic mass is 79.9. The first-order chi connectivity index (χ1) is 33.3. The summed E-state index contributed by atoms with van der Waals surface area (Å²) in [7, 11) is -1.41. The monoisotopic (exact) mass is 984 g/mol.